The van der Waals surface area contributed by atoms with Crippen molar-refractivity contribution in [3.63, 3.8) is 0 Å². The Morgan fingerprint density at radius 1 is 1.28 bits per heavy atom. The highest BCUT2D eigenvalue weighted by molar-refractivity contribution is 7.16. The number of thiophene rings is 1. The van der Waals surface area contributed by atoms with Gasteiger partial charge in [0.05, 0.1) is 16.9 Å². The standard InChI is InChI=1S/C20H25FN4OS.2ClH/c1-13-10-16-19(25-8-7-24(2)15(12-25)6-9-26-3)22-17-5-4-14(21)11-18(17)23-20(16)27-13;;/h4-5,10-11,15,23H,6-9,12H2,1-3H3;2*1H. The zero-order chi connectivity index (χ0) is 19.0. The molecular formula is C20H27Cl2FN4OS. The van der Waals surface area contributed by atoms with Crippen LogP contribution in [0.4, 0.5) is 20.8 Å². The van der Waals surface area contributed by atoms with Gasteiger partial charge in [-0.25, -0.2) is 9.38 Å². The molecule has 1 aromatic carbocycles. The maximum atomic E-state index is 13.8. The van der Waals surface area contributed by atoms with E-state index in [1.54, 1.807) is 24.5 Å². The summed E-state index contributed by atoms with van der Waals surface area (Å²) in [4.78, 5) is 10.9. The number of amidine groups is 1. The molecule has 2 aliphatic heterocycles. The van der Waals surface area contributed by atoms with Crippen LogP contribution < -0.4 is 5.32 Å². The Hall–Kier alpha value is -1.38. The molecule has 4 rings (SSSR count). The van der Waals surface area contributed by atoms with Crippen LogP contribution in [0.3, 0.4) is 0 Å². The van der Waals surface area contributed by atoms with E-state index in [2.05, 4.69) is 35.2 Å². The van der Waals surface area contributed by atoms with E-state index in [9.17, 15) is 4.39 Å². The third-order valence-corrected chi connectivity index (χ3v) is 6.23. The van der Waals surface area contributed by atoms with Crippen molar-refractivity contribution in [2.45, 2.75) is 19.4 Å². The van der Waals surface area contributed by atoms with Gasteiger partial charge in [-0.1, -0.05) is 0 Å². The van der Waals surface area contributed by atoms with Crippen LogP contribution in [0.15, 0.2) is 29.3 Å². The van der Waals surface area contributed by atoms with Crippen LogP contribution in [-0.2, 0) is 4.74 Å². The van der Waals surface area contributed by atoms with Gasteiger partial charge in [-0.2, -0.15) is 0 Å². The molecule has 0 aliphatic carbocycles. The van der Waals surface area contributed by atoms with E-state index in [-0.39, 0.29) is 30.6 Å². The van der Waals surface area contributed by atoms with E-state index in [4.69, 9.17) is 9.73 Å². The number of fused-ring (bicyclic) bond motifs is 2. The van der Waals surface area contributed by atoms with Crippen molar-refractivity contribution < 1.29 is 9.13 Å². The van der Waals surface area contributed by atoms with Crippen molar-refractivity contribution in [3.8, 4) is 0 Å². The number of piperazine rings is 1. The van der Waals surface area contributed by atoms with Crippen LogP contribution in [0.25, 0.3) is 0 Å². The van der Waals surface area contributed by atoms with Crippen LogP contribution in [0, 0.1) is 12.7 Å². The number of rotatable bonds is 3. The first-order valence-electron chi connectivity index (χ1n) is 9.25. The second-order valence-electron chi connectivity index (χ2n) is 7.18. The van der Waals surface area contributed by atoms with Crippen molar-refractivity contribution in [2.75, 3.05) is 45.7 Å². The summed E-state index contributed by atoms with van der Waals surface area (Å²) in [6.07, 6.45) is 0.992. The van der Waals surface area contributed by atoms with Crippen molar-refractivity contribution in [1.82, 2.24) is 9.80 Å². The highest BCUT2D eigenvalue weighted by atomic mass is 35.5. The van der Waals surface area contributed by atoms with Crippen LogP contribution in [-0.4, -0.2) is 62.1 Å². The zero-order valence-corrected chi connectivity index (χ0v) is 19.2. The fourth-order valence-electron chi connectivity index (χ4n) is 3.72. The molecule has 0 amide bonds. The number of aliphatic imine (C=N–C) groups is 1. The summed E-state index contributed by atoms with van der Waals surface area (Å²) in [7, 11) is 3.92. The molecule has 3 heterocycles. The van der Waals surface area contributed by atoms with Gasteiger partial charge in [0.2, 0.25) is 0 Å². The van der Waals surface area contributed by atoms with E-state index >= 15 is 0 Å². The van der Waals surface area contributed by atoms with E-state index in [1.807, 2.05) is 0 Å². The largest absolute Gasteiger partial charge is 0.385 e. The fourth-order valence-corrected chi connectivity index (χ4v) is 4.64. The zero-order valence-electron chi connectivity index (χ0n) is 16.8. The molecule has 29 heavy (non-hydrogen) atoms. The first-order valence-corrected chi connectivity index (χ1v) is 10.1. The monoisotopic (exact) mass is 460 g/mol. The molecule has 2 aliphatic rings. The number of hydrogen-bond acceptors (Lipinski definition) is 6. The minimum absolute atomic E-state index is 0. The van der Waals surface area contributed by atoms with E-state index < -0.39 is 0 Å². The lowest BCUT2D eigenvalue weighted by molar-refractivity contribution is 0.100. The van der Waals surface area contributed by atoms with Gasteiger partial charge in [0.1, 0.15) is 16.7 Å². The predicted molar refractivity (Wildman–Crippen MR) is 124 cm³/mol. The number of aryl methyl sites for hydroxylation is 1. The third-order valence-electron chi connectivity index (χ3n) is 5.26. The van der Waals surface area contributed by atoms with E-state index in [1.165, 1.54) is 17.0 Å². The minimum atomic E-state index is -0.256. The Balaban J connectivity index is 0.00000150. The summed E-state index contributed by atoms with van der Waals surface area (Å²) in [6.45, 7) is 5.65. The van der Waals surface area contributed by atoms with Gasteiger partial charge >= 0.3 is 0 Å². The Morgan fingerprint density at radius 2 is 2.07 bits per heavy atom. The lowest BCUT2D eigenvalue weighted by Crippen LogP contribution is -2.53. The average molecular weight is 461 g/mol. The molecule has 1 atom stereocenters. The summed E-state index contributed by atoms with van der Waals surface area (Å²) in [6, 6.07) is 7.34. The summed E-state index contributed by atoms with van der Waals surface area (Å²) >= 11 is 1.68. The number of anilines is 2. The van der Waals surface area contributed by atoms with E-state index in [0.29, 0.717) is 6.04 Å². The quantitative estimate of drug-likeness (QED) is 0.711. The van der Waals surface area contributed by atoms with Gasteiger partial charge in [-0.15, -0.1) is 36.2 Å². The average Bonchev–Trinajstić information content (AvgIpc) is 2.93. The minimum Gasteiger partial charge on any atom is -0.385 e. The highest BCUT2D eigenvalue weighted by Gasteiger charge is 2.30. The number of likely N-dealkylation sites (N-methyl/N-ethyl adjacent to an activating group) is 1. The molecule has 1 saturated heterocycles. The molecule has 9 heteroatoms. The highest BCUT2D eigenvalue weighted by Crippen LogP contribution is 2.39. The Bertz CT molecular complexity index is 876. The molecule has 1 N–H and O–H groups in total. The van der Waals surface area contributed by atoms with Gasteiger partial charge in [-0.3, -0.25) is 4.90 Å². The van der Waals surface area contributed by atoms with Crippen molar-refractivity contribution in [3.05, 3.63) is 40.5 Å². The molecule has 0 radical (unpaired) electrons. The SMILES string of the molecule is COCCC1CN(C2=Nc3ccc(F)cc3Nc3sc(C)cc32)CCN1C.Cl.Cl. The summed E-state index contributed by atoms with van der Waals surface area (Å²) in [5, 5.41) is 4.43. The lowest BCUT2D eigenvalue weighted by Gasteiger charge is -2.40. The molecule has 5 nitrogen and oxygen atoms in total. The Labute approximate surface area is 187 Å². The van der Waals surface area contributed by atoms with Crippen LogP contribution in [0.1, 0.15) is 16.9 Å². The maximum absolute atomic E-state index is 13.8. The summed E-state index contributed by atoms with van der Waals surface area (Å²) in [5.41, 5.74) is 2.60. The van der Waals surface area contributed by atoms with Crippen LogP contribution in [0.5, 0.6) is 0 Å². The van der Waals surface area contributed by atoms with E-state index in [0.717, 1.165) is 60.4 Å². The van der Waals surface area contributed by atoms with Gasteiger partial charge in [0, 0.05) is 44.3 Å². The third kappa shape index (κ3) is 5.03. The Morgan fingerprint density at radius 3 is 2.83 bits per heavy atom. The van der Waals surface area contributed by atoms with Crippen LogP contribution in [0.2, 0.25) is 0 Å². The molecule has 1 aromatic heterocycles. The van der Waals surface area contributed by atoms with Crippen molar-refractivity contribution in [1.29, 1.82) is 0 Å². The molecule has 160 valence electrons. The van der Waals surface area contributed by atoms with Gasteiger partial charge in [0.25, 0.3) is 0 Å². The fraction of sp³-hybridized carbons (Fsp3) is 0.450. The van der Waals surface area contributed by atoms with Crippen molar-refractivity contribution >= 4 is 58.4 Å². The molecule has 0 spiro atoms. The predicted octanol–water partition coefficient (Wildman–Crippen LogP) is 4.83. The Kier molecular flexibility index (Phi) is 8.31. The first-order chi connectivity index (χ1) is 13.0. The first kappa shape index (κ1) is 23.9. The number of nitrogens with zero attached hydrogens (tertiary/aromatic N) is 3. The molecule has 0 bridgehead atoms. The maximum Gasteiger partial charge on any atom is 0.139 e. The van der Waals surface area contributed by atoms with Crippen LogP contribution >= 0.6 is 36.2 Å². The second-order valence-corrected chi connectivity index (χ2v) is 8.44. The van der Waals surface area contributed by atoms with Gasteiger partial charge in [0.15, 0.2) is 0 Å². The van der Waals surface area contributed by atoms with Gasteiger partial charge < -0.3 is 15.0 Å². The molecule has 0 saturated carbocycles. The number of halogens is 3. The number of methoxy groups -OCH3 is 1. The van der Waals surface area contributed by atoms with Crippen molar-refractivity contribution in [2.24, 2.45) is 4.99 Å². The second kappa shape index (κ2) is 10.1. The molecular weight excluding hydrogens is 434 g/mol. The smallest absolute Gasteiger partial charge is 0.139 e. The molecule has 1 unspecified atom stereocenters. The topological polar surface area (TPSA) is 40.1 Å². The number of ether oxygens (including phenoxy) is 1. The number of hydrogen-bond donors (Lipinski definition) is 1. The molecule has 1 fully saturated rings. The number of benzene rings is 1. The normalized spacial score (nSPS) is 18.4. The summed E-state index contributed by atoms with van der Waals surface area (Å²) in [5.74, 6) is 0.719. The lowest BCUT2D eigenvalue weighted by atomic mass is 10.1. The summed E-state index contributed by atoms with van der Waals surface area (Å²) < 4.78 is 19.1. The molecule has 2 aromatic rings. The number of nitrogens with one attached hydrogen (secondary N) is 1. The van der Waals surface area contributed by atoms with Gasteiger partial charge in [-0.05, 0) is 44.7 Å².